The zero-order valence-electron chi connectivity index (χ0n) is 34.8. The van der Waals surface area contributed by atoms with Gasteiger partial charge in [-0.15, -0.1) is 10.2 Å². The molecule has 42 heavy (non-hydrogen) atoms. The molecular weight excluding hydrogens is 530 g/mol. The fourth-order valence-electron chi connectivity index (χ4n) is 5.87. The number of hydrogen-bond donors (Lipinski definition) is 0. The zero-order chi connectivity index (χ0) is 38.5. The van der Waals surface area contributed by atoms with Gasteiger partial charge in [0.2, 0.25) is 5.91 Å². The van der Waals surface area contributed by atoms with Crippen molar-refractivity contribution in [2.75, 3.05) is 18.1 Å². The molecule has 2 fully saturated rings. The summed E-state index contributed by atoms with van der Waals surface area (Å²) in [6, 6.07) is 2.61. The van der Waals surface area contributed by atoms with Crippen molar-refractivity contribution in [2.24, 2.45) is 0 Å². The third-order valence-corrected chi connectivity index (χ3v) is 8.06. The van der Waals surface area contributed by atoms with Crippen molar-refractivity contribution >= 4 is 11.6 Å². The third-order valence-electron chi connectivity index (χ3n) is 8.06. The second-order valence-electron chi connectivity index (χ2n) is 10.9. The normalized spacial score (nSPS) is 29.0. The van der Waals surface area contributed by atoms with E-state index in [0.29, 0.717) is 55.3 Å². The summed E-state index contributed by atoms with van der Waals surface area (Å²) in [5.74, 6) is 1.38. The molecule has 11 nitrogen and oxygen atoms in total. The quantitative estimate of drug-likeness (QED) is 0.245. The molecule has 0 atom stereocenters. The van der Waals surface area contributed by atoms with E-state index in [4.69, 9.17) is 19.8 Å². The van der Waals surface area contributed by atoms with E-state index in [1.54, 1.807) is 4.90 Å². The number of anilines is 1. The average Bonchev–Trinajstić information content (AvgIpc) is 3.80. The lowest BCUT2D eigenvalue weighted by Gasteiger charge is -2.30. The Labute approximate surface area is 263 Å². The van der Waals surface area contributed by atoms with Crippen LogP contribution >= 0.6 is 0 Å². The van der Waals surface area contributed by atoms with Gasteiger partial charge in [-0.3, -0.25) is 4.79 Å². The highest BCUT2D eigenvalue weighted by Gasteiger charge is 2.25. The van der Waals surface area contributed by atoms with Gasteiger partial charge < -0.3 is 9.64 Å². The molecule has 2 aliphatic carbocycles. The van der Waals surface area contributed by atoms with Gasteiger partial charge in [0.1, 0.15) is 5.75 Å². The van der Waals surface area contributed by atoms with Crippen molar-refractivity contribution in [2.45, 2.75) is 127 Å². The summed E-state index contributed by atoms with van der Waals surface area (Å²) in [5.41, 5.74) is 1.74. The third kappa shape index (κ3) is 6.98. The van der Waals surface area contributed by atoms with E-state index >= 15 is 0 Å². The monoisotopic (exact) mass is 586 g/mol. The van der Waals surface area contributed by atoms with Gasteiger partial charge in [-0.25, -0.2) is 9.36 Å². The molecule has 0 radical (unpaired) electrons. The maximum absolute atomic E-state index is 13.0. The zero-order valence-corrected chi connectivity index (χ0v) is 23.8. The highest BCUT2D eigenvalue weighted by atomic mass is 16.5. The molecule has 1 aromatic carbocycles. The van der Waals surface area contributed by atoms with E-state index < -0.39 is 37.9 Å². The number of tetrazole rings is 2. The maximum Gasteiger partial charge on any atom is 0.227 e. The first-order chi connectivity index (χ1) is 24.9. The first-order valence-corrected chi connectivity index (χ1v) is 15.0. The van der Waals surface area contributed by atoms with E-state index in [1.165, 1.54) is 19.3 Å². The molecule has 3 heterocycles. The van der Waals surface area contributed by atoms with Crippen LogP contribution in [0.4, 0.5) is 5.69 Å². The molecule has 0 N–H and O–H groups in total. The van der Waals surface area contributed by atoms with Gasteiger partial charge >= 0.3 is 0 Å². The number of unbranched alkanes of at least 4 members (excludes halogenated alkanes) is 2. The van der Waals surface area contributed by atoms with Crippen LogP contribution in [0.25, 0.3) is 0 Å². The standard InChI is InChI=1S/C31H45N9O2/c41-31-20-17-24-23-27(42-22-10-8-16-30-33-35-37-40(30)26-13-5-2-6-14-26)18-19-28(24)38(31)21-9-7-15-29-32-34-36-39(29)25-11-3-1-4-12-25/h18-19,23,25-26H,1-17,20-22H2/i1D2,3D2,4D2,11D2,12D2,25D. The van der Waals surface area contributed by atoms with Crippen LogP contribution < -0.4 is 9.64 Å². The molecule has 3 aliphatic rings. The Bertz CT molecular complexity index is 1750. The Morgan fingerprint density at radius 1 is 0.881 bits per heavy atom. The topological polar surface area (TPSA) is 117 Å². The van der Waals surface area contributed by atoms with Gasteiger partial charge in [-0.2, -0.15) is 0 Å². The Hall–Kier alpha value is -3.37. The predicted octanol–water partition coefficient (Wildman–Crippen LogP) is 5.37. The summed E-state index contributed by atoms with van der Waals surface area (Å²) < 4.78 is 101. The molecule has 2 aromatic heterocycles. The van der Waals surface area contributed by atoms with Gasteiger partial charge in [0.25, 0.3) is 0 Å². The van der Waals surface area contributed by atoms with E-state index in [-0.39, 0.29) is 18.2 Å². The number of aryl methyl sites for hydroxylation is 3. The number of carbonyl (C=O) groups excluding carboxylic acids is 1. The lowest BCUT2D eigenvalue weighted by molar-refractivity contribution is -0.118. The minimum absolute atomic E-state index is 0.0319. The summed E-state index contributed by atoms with van der Waals surface area (Å²) in [4.78, 5) is 14.7. The van der Waals surface area contributed by atoms with Crippen LogP contribution in [-0.2, 0) is 24.1 Å². The van der Waals surface area contributed by atoms with Gasteiger partial charge in [-0.1, -0.05) is 38.4 Å². The molecule has 0 saturated heterocycles. The van der Waals surface area contributed by atoms with Gasteiger partial charge in [0.15, 0.2) is 11.6 Å². The lowest BCUT2D eigenvalue weighted by Crippen LogP contribution is -2.36. The number of carbonyl (C=O) groups is 1. The van der Waals surface area contributed by atoms with Crippen LogP contribution in [-0.4, -0.2) is 59.5 Å². The molecular formula is C31H45N9O2. The summed E-state index contributed by atoms with van der Waals surface area (Å²) in [6.07, 6.45) is -8.21. The number of nitrogens with zero attached hydrogens (tertiary/aromatic N) is 9. The Balaban J connectivity index is 1.04. The van der Waals surface area contributed by atoms with Crippen molar-refractivity contribution in [3.63, 3.8) is 0 Å². The highest BCUT2D eigenvalue weighted by molar-refractivity contribution is 5.96. The van der Waals surface area contributed by atoms with Crippen molar-refractivity contribution in [3.05, 3.63) is 35.4 Å². The molecule has 1 aliphatic heterocycles. The maximum atomic E-state index is 13.0. The smallest absolute Gasteiger partial charge is 0.227 e. The molecule has 0 spiro atoms. The second-order valence-corrected chi connectivity index (χ2v) is 10.9. The van der Waals surface area contributed by atoms with Crippen molar-refractivity contribution < 1.29 is 24.6 Å². The number of rotatable bonds is 13. The predicted molar refractivity (Wildman–Crippen MR) is 158 cm³/mol. The SMILES string of the molecule is [2H]C1([2H])C([2H])([2H])C([2H])([2H])C([2H])(n2nnnc2CCCCN2C(=O)CCc3cc(OCCCCc4nnnn4C4CCCCC4)ccc32)C([2H])([2H])C1([2H])[2H]. The van der Waals surface area contributed by atoms with E-state index in [1.807, 2.05) is 22.9 Å². The van der Waals surface area contributed by atoms with Gasteiger partial charge in [-0.05, 0) is 102 Å². The van der Waals surface area contributed by atoms with Crippen molar-refractivity contribution in [1.29, 1.82) is 0 Å². The Kier molecular flexibility index (Phi) is 6.20. The number of amides is 1. The Morgan fingerprint density at radius 2 is 1.62 bits per heavy atom. The summed E-state index contributed by atoms with van der Waals surface area (Å²) >= 11 is 0. The van der Waals surface area contributed by atoms with E-state index in [9.17, 15) is 4.79 Å². The molecule has 3 aromatic rings. The van der Waals surface area contributed by atoms with Crippen LogP contribution in [0.1, 0.15) is 140 Å². The summed E-state index contributed by atoms with van der Waals surface area (Å²) in [7, 11) is 0. The van der Waals surface area contributed by atoms with Crippen LogP contribution in [0.3, 0.4) is 0 Å². The summed E-state index contributed by atoms with van der Waals surface area (Å²) in [5, 5.41) is 23.3. The largest absolute Gasteiger partial charge is 0.494 e. The highest BCUT2D eigenvalue weighted by Crippen LogP contribution is 2.32. The van der Waals surface area contributed by atoms with Crippen LogP contribution in [0.2, 0.25) is 0 Å². The fraction of sp³-hybridized carbons (Fsp3) is 0.710. The van der Waals surface area contributed by atoms with Crippen molar-refractivity contribution in [3.8, 4) is 5.75 Å². The molecule has 226 valence electrons. The number of aromatic nitrogens is 8. The second kappa shape index (κ2) is 14.2. The van der Waals surface area contributed by atoms with Crippen LogP contribution in [0.5, 0.6) is 5.75 Å². The number of hydrogen-bond acceptors (Lipinski definition) is 8. The Morgan fingerprint density at radius 3 is 2.43 bits per heavy atom. The molecule has 0 bridgehead atoms. The van der Waals surface area contributed by atoms with Crippen LogP contribution in [0.15, 0.2) is 18.2 Å². The van der Waals surface area contributed by atoms with Crippen molar-refractivity contribution in [1.82, 2.24) is 40.4 Å². The van der Waals surface area contributed by atoms with Gasteiger partial charge in [0.05, 0.1) is 20.0 Å². The lowest BCUT2D eigenvalue weighted by atomic mass is 9.95. The number of ether oxygens (including phenoxy) is 1. The number of benzene rings is 1. The molecule has 2 saturated carbocycles. The fourth-order valence-corrected chi connectivity index (χ4v) is 5.87. The van der Waals surface area contributed by atoms with E-state index in [2.05, 4.69) is 31.1 Å². The molecule has 1 amide bonds. The molecule has 0 unspecified atom stereocenters. The van der Waals surface area contributed by atoms with Gasteiger partial charge in [0, 0.05) is 45.2 Å². The first kappa shape index (κ1) is 18.3. The number of fused-ring (bicyclic) bond motifs is 1. The first-order valence-electron chi connectivity index (χ1n) is 20.5. The molecule has 11 heteroatoms. The minimum atomic E-state index is -3.65. The molecule has 6 rings (SSSR count). The average molecular weight is 587 g/mol. The summed E-state index contributed by atoms with van der Waals surface area (Å²) in [6.45, 7) is 0.837. The van der Waals surface area contributed by atoms with E-state index in [0.717, 1.165) is 49.2 Å². The minimum Gasteiger partial charge on any atom is -0.494 e. The van der Waals surface area contributed by atoms with Crippen LogP contribution in [0, 0.1) is 0 Å².